The van der Waals surface area contributed by atoms with Gasteiger partial charge in [0.1, 0.15) is 12.9 Å². The number of hydrogen-bond acceptors (Lipinski definition) is 5. The molecule has 0 spiro atoms. The lowest BCUT2D eigenvalue weighted by molar-refractivity contribution is 0.364. The van der Waals surface area contributed by atoms with E-state index in [1.165, 1.54) is 15.6 Å². The molecule has 0 amide bonds. The van der Waals surface area contributed by atoms with Gasteiger partial charge in [-0.15, -0.1) is 0 Å². The molecule has 20 heavy (non-hydrogen) atoms. The molecule has 0 aliphatic carbocycles. The van der Waals surface area contributed by atoms with Gasteiger partial charge in [-0.2, -0.15) is 10.1 Å². The fourth-order valence-electron chi connectivity index (χ4n) is 1.80. The third-order valence-corrected chi connectivity index (χ3v) is 2.95. The Labute approximate surface area is 114 Å². The molecule has 3 aromatic rings. The molecule has 0 saturated carbocycles. The van der Waals surface area contributed by atoms with Gasteiger partial charge in [0.2, 0.25) is 11.7 Å². The highest BCUT2D eigenvalue weighted by Gasteiger charge is 2.11. The topological polar surface area (TPSA) is 78.7 Å². The first-order valence-corrected chi connectivity index (χ1v) is 6.11. The van der Waals surface area contributed by atoms with Crippen LogP contribution in [0.5, 0.6) is 0 Å². The zero-order valence-electron chi connectivity index (χ0n) is 11.1. The quantitative estimate of drug-likeness (QED) is 0.709. The Morgan fingerprint density at radius 1 is 1.25 bits per heavy atom. The summed E-state index contributed by atoms with van der Waals surface area (Å²) in [6.07, 6.45) is 1.44. The fraction of sp³-hybridized carbons (Fsp3) is 0.231. The Morgan fingerprint density at radius 3 is 2.65 bits per heavy atom. The van der Waals surface area contributed by atoms with E-state index >= 15 is 0 Å². The predicted octanol–water partition coefficient (Wildman–Crippen LogP) is 0.989. The molecule has 2 aromatic heterocycles. The molecule has 102 valence electrons. The molecule has 0 aliphatic heterocycles. The Kier molecular flexibility index (Phi) is 2.94. The van der Waals surface area contributed by atoms with Crippen LogP contribution in [-0.2, 0) is 13.6 Å². The van der Waals surface area contributed by atoms with Crippen LogP contribution in [-0.4, -0.2) is 24.5 Å². The Bertz CT molecular complexity index is 782. The van der Waals surface area contributed by atoms with E-state index in [-0.39, 0.29) is 12.2 Å². The van der Waals surface area contributed by atoms with E-state index in [0.717, 1.165) is 11.1 Å². The largest absolute Gasteiger partial charge is 0.345 e. The van der Waals surface area contributed by atoms with Gasteiger partial charge in [-0.25, -0.2) is 9.48 Å². The number of aryl methyl sites for hydroxylation is 2. The molecule has 7 nitrogen and oxygen atoms in total. The summed E-state index contributed by atoms with van der Waals surface area (Å²) in [5, 5.41) is 7.86. The Balaban J connectivity index is 1.85. The molecule has 1 aromatic carbocycles. The van der Waals surface area contributed by atoms with Crippen molar-refractivity contribution in [3.8, 4) is 11.4 Å². The first kappa shape index (κ1) is 12.3. The first-order chi connectivity index (χ1) is 9.63. The van der Waals surface area contributed by atoms with Crippen LogP contribution in [0.2, 0.25) is 0 Å². The summed E-state index contributed by atoms with van der Waals surface area (Å²) in [7, 11) is 1.64. The minimum Gasteiger partial charge on any atom is -0.337 e. The average Bonchev–Trinajstić information content (AvgIpc) is 3.02. The van der Waals surface area contributed by atoms with E-state index in [9.17, 15) is 4.79 Å². The molecule has 0 fully saturated rings. The number of hydrogen-bond donors (Lipinski definition) is 0. The molecule has 0 N–H and O–H groups in total. The van der Waals surface area contributed by atoms with Gasteiger partial charge in [0.05, 0.1) is 0 Å². The minimum absolute atomic E-state index is 0.165. The maximum absolute atomic E-state index is 11.7. The van der Waals surface area contributed by atoms with Crippen LogP contribution in [0.25, 0.3) is 11.4 Å². The highest BCUT2D eigenvalue weighted by Crippen LogP contribution is 2.16. The monoisotopic (exact) mass is 271 g/mol. The number of aromatic nitrogens is 5. The first-order valence-electron chi connectivity index (χ1n) is 6.11. The van der Waals surface area contributed by atoms with Crippen molar-refractivity contribution in [1.82, 2.24) is 24.5 Å². The van der Waals surface area contributed by atoms with Crippen LogP contribution in [0.15, 0.2) is 39.9 Å². The van der Waals surface area contributed by atoms with Gasteiger partial charge < -0.3 is 4.52 Å². The average molecular weight is 271 g/mol. The number of rotatable bonds is 3. The molecule has 0 aliphatic rings. The second-order valence-corrected chi connectivity index (χ2v) is 4.56. The zero-order valence-corrected chi connectivity index (χ0v) is 11.1. The lowest BCUT2D eigenvalue weighted by atomic mass is 10.1. The molecule has 0 atom stereocenters. The number of nitrogens with zero attached hydrogens (tertiary/aromatic N) is 5. The van der Waals surface area contributed by atoms with E-state index in [4.69, 9.17) is 4.52 Å². The van der Waals surface area contributed by atoms with Crippen molar-refractivity contribution in [1.29, 1.82) is 0 Å². The van der Waals surface area contributed by atoms with Gasteiger partial charge in [-0.3, -0.25) is 4.57 Å². The highest BCUT2D eigenvalue weighted by molar-refractivity contribution is 5.54. The third kappa shape index (κ3) is 2.25. The second kappa shape index (κ2) is 4.76. The van der Waals surface area contributed by atoms with Gasteiger partial charge >= 0.3 is 5.69 Å². The summed E-state index contributed by atoms with van der Waals surface area (Å²) in [4.78, 5) is 15.9. The van der Waals surface area contributed by atoms with Gasteiger partial charge in [-0.05, 0) is 6.92 Å². The van der Waals surface area contributed by atoms with E-state index < -0.39 is 0 Å². The third-order valence-electron chi connectivity index (χ3n) is 2.95. The molecule has 2 heterocycles. The predicted molar refractivity (Wildman–Crippen MR) is 71.0 cm³/mol. The molecule has 0 saturated heterocycles. The summed E-state index contributed by atoms with van der Waals surface area (Å²) in [5.74, 6) is 0.852. The van der Waals surface area contributed by atoms with Crippen LogP contribution < -0.4 is 5.69 Å². The second-order valence-electron chi connectivity index (χ2n) is 4.56. The lowest BCUT2D eigenvalue weighted by Crippen LogP contribution is -2.23. The number of benzene rings is 1. The maximum Gasteiger partial charge on any atom is 0.345 e. The Hall–Kier alpha value is -2.70. The summed E-state index contributed by atoms with van der Waals surface area (Å²) in [6, 6.07) is 7.82. The molecule has 0 unspecified atom stereocenters. The van der Waals surface area contributed by atoms with Crippen LogP contribution in [0.3, 0.4) is 0 Å². The van der Waals surface area contributed by atoms with Gasteiger partial charge in [0.15, 0.2) is 0 Å². The van der Waals surface area contributed by atoms with Crippen LogP contribution >= 0.6 is 0 Å². The van der Waals surface area contributed by atoms with Crippen LogP contribution in [0, 0.1) is 6.92 Å². The molecular weight excluding hydrogens is 258 g/mol. The molecule has 3 rings (SSSR count). The minimum atomic E-state index is -0.222. The molecule has 7 heteroatoms. The molecular formula is C13H13N5O2. The van der Waals surface area contributed by atoms with E-state index in [0.29, 0.717) is 11.7 Å². The SMILES string of the molecule is Cc1ccc(-c2noc(Cn3ncn(C)c3=O)n2)cc1. The van der Waals surface area contributed by atoms with E-state index in [2.05, 4.69) is 15.2 Å². The summed E-state index contributed by atoms with van der Waals surface area (Å²) >= 11 is 0. The highest BCUT2D eigenvalue weighted by atomic mass is 16.5. The summed E-state index contributed by atoms with van der Waals surface area (Å²) < 4.78 is 7.80. The van der Waals surface area contributed by atoms with Crippen molar-refractivity contribution in [2.75, 3.05) is 0 Å². The molecule has 0 bridgehead atoms. The smallest absolute Gasteiger partial charge is 0.337 e. The summed E-state index contributed by atoms with van der Waals surface area (Å²) in [6.45, 7) is 2.18. The van der Waals surface area contributed by atoms with Gasteiger partial charge in [0, 0.05) is 12.6 Å². The van der Waals surface area contributed by atoms with E-state index in [1.54, 1.807) is 7.05 Å². The standard InChI is InChI=1S/C13H13N5O2/c1-9-3-5-10(6-4-9)12-15-11(20-16-12)7-18-13(19)17(2)8-14-18/h3-6,8H,7H2,1-2H3. The maximum atomic E-state index is 11.7. The van der Waals surface area contributed by atoms with Crippen molar-refractivity contribution in [2.45, 2.75) is 13.5 Å². The van der Waals surface area contributed by atoms with Crippen LogP contribution in [0.1, 0.15) is 11.5 Å². The Morgan fingerprint density at radius 2 is 2.00 bits per heavy atom. The van der Waals surface area contributed by atoms with Crippen LogP contribution in [0.4, 0.5) is 0 Å². The molecule has 0 radical (unpaired) electrons. The van der Waals surface area contributed by atoms with Crippen molar-refractivity contribution >= 4 is 0 Å². The van der Waals surface area contributed by atoms with Crippen molar-refractivity contribution in [3.05, 3.63) is 52.5 Å². The van der Waals surface area contributed by atoms with Crippen molar-refractivity contribution in [2.24, 2.45) is 7.05 Å². The zero-order chi connectivity index (χ0) is 14.1. The lowest BCUT2D eigenvalue weighted by Gasteiger charge is -1.94. The van der Waals surface area contributed by atoms with Gasteiger partial charge in [0.25, 0.3) is 0 Å². The van der Waals surface area contributed by atoms with Crippen molar-refractivity contribution < 1.29 is 4.52 Å². The van der Waals surface area contributed by atoms with E-state index in [1.807, 2.05) is 31.2 Å². The fourth-order valence-corrected chi connectivity index (χ4v) is 1.80. The van der Waals surface area contributed by atoms with Gasteiger partial charge in [-0.1, -0.05) is 35.0 Å². The van der Waals surface area contributed by atoms with Crippen molar-refractivity contribution in [3.63, 3.8) is 0 Å². The summed E-state index contributed by atoms with van der Waals surface area (Å²) in [5.41, 5.74) is 1.82. The normalized spacial score (nSPS) is 10.9.